The second kappa shape index (κ2) is 6.84. The maximum Gasteiger partial charge on any atom is 0.335 e. The Kier molecular flexibility index (Phi) is 5.07. The summed E-state index contributed by atoms with van der Waals surface area (Å²) in [5.74, 6) is -1.11. The number of sulfonamides is 1. The highest BCUT2D eigenvalue weighted by molar-refractivity contribution is 7.89. The molecule has 2 rings (SSSR count). The Morgan fingerprint density at radius 1 is 1.13 bits per heavy atom. The number of carbonyl (C=O) groups is 1. The van der Waals surface area contributed by atoms with E-state index in [2.05, 4.69) is 4.72 Å². The molecule has 5 nitrogen and oxygen atoms in total. The van der Waals surface area contributed by atoms with Gasteiger partial charge in [0.05, 0.1) is 10.5 Å². The normalized spacial score (nSPS) is 11.6. The Labute approximate surface area is 131 Å². The highest BCUT2D eigenvalue weighted by Crippen LogP contribution is 2.20. The highest BCUT2D eigenvalue weighted by Gasteiger charge is 2.15. The molecule has 0 fully saturated rings. The van der Waals surface area contributed by atoms with Crippen LogP contribution in [0, 0.1) is 0 Å². The lowest BCUT2D eigenvalue weighted by molar-refractivity contribution is 0.0696. The van der Waals surface area contributed by atoms with Gasteiger partial charge in [0.25, 0.3) is 6.43 Å². The summed E-state index contributed by atoms with van der Waals surface area (Å²) < 4.78 is 51.4. The maximum atomic E-state index is 12.5. The number of alkyl halides is 2. The average Bonchev–Trinajstić information content (AvgIpc) is 2.53. The fourth-order valence-corrected chi connectivity index (χ4v) is 2.89. The first-order valence-electron chi connectivity index (χ1n) is 6.49. The van der Waals surface area contributed by atoms with E-state index >= 15 is 0 Å². The van der Waals surface area contributed by atoms with Crippen LogP contribution in [0.15, 0.2) is 53.4 Å². The van der Waals surface area contributed by atoms with Crippen LogP contribution < -0.4 is 4.72 Å². The van der Waals surface area contributed by atoms with Gasteiger partial charge in [0.15, 0.2) is 0 Å². The van der Waals surface area contributed by atoms with Crippen molar-refractivity contribution in [1.29, 1.82) is 0 Å². The zero-order chi connectivity index (χ0) is 17.0. The highest BCUT2D eigenvalue weighted by atomic mass is 32.2. The van der Waals surface area contributed by atoms with Crippen molar-refractivity contribution in [3.63, 3.8) is 0 Å². The van der Waals surface area contributed by atoms with Crippen LogP contribution in [-0.4, -0.2) is 19.5 Å². The number of hydrogen-bond donors (Lipinski definition) is 2. The Balaban J connectivity index is 2.12. The molecule has 23 heavy (non-hydrogen) atoms. The number of carboxylic acid groups (broad SMARTS) is 1. The molecule has 2 aromatic carbocycles. The molecule has 2 N–H and O–H groups in total. The lowest BCUT2D eigenvalue weighted by Crippen LogP contribution is -2.23. The summed E-state index contributed by atoms with van der Waals surface area (Å²) in [7, 11) is -3.88. The fourth-order valence-electron chi connectivity index (χ4n) is 1.87. The second-order valence-corrected chi connectivity index (χ2v) is 6.47. The van der Waals surface area contributed by atoms with E-state index in [0.717, 1.165) is 24.3 Å². The van der Waals surface area contributed by atoms with Crippen LogP contribution in [0.5, 0.6) is 0 Å². The van der Waals surface area contributed by atoms with Gasteiger partial charge in [-0.25, -0.2) is 26.7 Å². The van der Waals surface area contributed by atoms with E-state index in [0.29, 0.717) is 5.56 Å². The molecule has 0 aliphatic heterocycles. The minimum absolute atomic E-state index is 0.0444. The van der Waals surface area contributed by atoms with E-state index in [1.807, 2.05) is 0 Å². The molecule has 0 saturated carbocycles. The summed E-state index contributed by atoms with van der Waals surface area (Å²) in [6, 6.07) is 10.1. The molecule has 0 radical (unpaired) electrons. The molecule has 0 unspecified atom stereocenters. The fraction of sp³-hybridized carbons (Fsp3) is 0.133. The van der Waals surface area contributed by atoms with Crippen molar-refractivity contribution in [2.75, 3.05) is 0 Å². The van der Waals surface area contributed by atoms with Crippen LogP contribution in [0.4, 0.5) is 8.78 Å². The Morgan fingerprint density at radius 3 is 2.35 bits per heavy atom. The third-order valence-electron chi connectivity index (χ3n) is 3.08. The summed E-state index contributed by atoms with van der Waals surface area (Å²) in [5, 5.41) is 8.89. The number of halogens is 2. The van der Waals surface area contributed by atoms with Gasteiger partial charge in [-0.1, -0.05) is 24.3 Å². The van der Waals surface area contributed by atoms with E-state index in [1.165, 1.54) is 18.2 Å². The van der Waals surface area contributed by atoms with Crippen LogP contribution in [0.25, 0.3) is 0 Å². The topological polar surface area (TPSA) is 83.5 Å². The van der Waals surface area contributed by atoms with E-state index < -0.39 is 22.4 Å². The predicted octanol–water partition coefficient (Wildman–Crippen LogP) is 2.80. The van der Waals surface area contributed by atoms with Crippen molar-refractivity contribution in [3.8, 4) is 0 Å². The molecule has 0 atom stereocenters. The number of carboxylic acids is 1. The smallest absolute Gasteiger partial charge is 0.335 e. The Bertz CT molecular complexity index is 804. The van der Waals surface area contributed by atoms with Crippen molar-refractivity contribution < 1.29 is 27.1 Å². The molecule has 2 aromatic rings. The molecule has 0 spiro atoms. The van der Waals surface area contributed by atoms with Gasteiger partial charge in [0, 0.05) is 12.1 Å². The van der Waals surface area contributed by atoms with Crippen molar-refractivity contribution in [3.05, 3.63) is 65.2 Å². The molecule has 0 aliphatic rings. The SMILES string of the molecule is O=C(O)c1cccc(CNS(=O)(=O)c2ccc(C(F)F)cc2)c1. The summed E-state index contributed by atoms with van der Waals surface area (Å²) >= 11 is 0. The minimum atomic E-state index is -3.88. The first kappa shape index (κ1) is 17.0. The summed E-state index contributed by atoms with van der Waals surface area (Å²) in [5.41, 5.74) is 0.249. The maximum absolute atomic E-state index is 12.5. The van der Waals surface area contributed by atoms with Gasteiger partial charge in [-0.15, -0.1) is 0 Å². The summed E-state index contributed by atoms with van der Waals surface area (Å²) in [4.78, 5) is 10.7. The largest absolute Gasteiger partial charge is 0.478 e. The van der Waals surface area contributed by atoms with Crippen molar-refractivity contribution in [2.45, 2.75) is 17.9 Å². The first-order chi connectivity index (χ1) is 10.8. The summed E-state index contributed by atoms with van der Waals surface area (Å²) in [6.45, 7) is -0.111. The molecular formula is C15H13F2NO4S. The molecule has 0 saturated heterocycles. The zero-order valence-corrected chi connectivity index (χ0v) is 12.6. The monoisotopic (exact) mass is 341 g/mol. The van der Waals surface area contributed by atoms with E-state index in [1.54, 1.807) is 6.07 Å². The Hall–Kier alpha value is -2.32. The number of benzene rings is 2. The molecule has 0 heterocycles. The molecule has 0 aromatic heterocycles. The lowest BCUT2D eigenvalue weighted by Gasteiger charge is -2.08. The van der Waals surface area contributed by atoms with Gasteiger partial charge in [-0.05, 0) is 29.8 Å². The first-order valence-corrected chi connectivity index (χ1v) is 7.98. The van der Waals surface area contributed by atoms with Crippen molar-refractivity contribution in [2.24, 2.45) is 0 Å². The standard InChI is InChI=1S/C15H13F2NO4S/c16-14(17)11-4-6-13(7-5-11)23(21,22)18-9-10-2-1-3-12(8-10)15(19)20/h1-8,14,18H,9H2,(H,19,20). The Morgan fingerprint density at radius 2 is 1.78 bits per heavy atom. The minimum Gasteiger partial charge on any atom is -0.478 e. The van der Waals surface area contributed by atoms with Crippen LogP contribution in [0.3, 0.4) is 0 Å². The molecule has 0 aliphatic carbocycles. The molecule has 8 heteroatoms. The number of nitrogens with one attached hydrogen (secondary N) is 1. The van der Waals surface area contributed by atoms with Gasteiger partial charge >= 0.3 is 5.97 Å². The number of rotatable bonds is 6. The van der Waals surface area contributed by atoms with E-state index in [9.17, 15) is 22.0 Å². The van der Waals surface area contributed by atoms with E-state index in [4.69, 9.17) is 5.11 Å². The van der Waals surface area contributed by atoms with Gasteiger partial charge in [-0.2, -0.15) is 0 Å². The van der Waals surface area contributed by atoms with Gasteiger partial charge in [0.1, 0.15) is 0 Å². The molecule has 0 amide bonds. The number of aromatic carboxylic acids is 1. The van der Waals surface area contributed by atoms with Gasteiger partial charge in [0.2, 0.25) is 10.0 Å². The van der Waals surface area contributed by atoms with E-state index in [-0.39, 0.29) is 22.6 Å². The molecule has 0 bridgehead atoms. The van der Waals surface area contributed by atoms with Crippen LogP contribution in [0.1, 0.15) is 27.9 Å². The van der Waals surface area contributed by atoms with Crippen LogP contribution >= 0.6 is 0 Å². The van der Waals surface area contributed by atoms with Gasteiger partial charge in [-0.3, -0.25) is 0 Å². The third-order valence-corrected chi connectivity index (χ3v) is 4.50. The van der Waals surface area contributed by atoms with Crippen molar-refractivity contribution >= 4 is 16.0 Å². The lowest BCUT2D eigenvalue weighted by atomic mass is 10.1. The van der Waals surface area contributed by atoms with Crippen LogP contribution in [-0.2, 0) is 16.6 Å². The predicted molar refractivity (Wildman–Crippen MR) is 78.8 cm³/mol. The molecule has 122 valence electrons. The van der Waals surface area contributed by atoms with Gasteiger partial charge < -0.3 is 5.11 Å². The summed E-state index contributed by atoms with van der Waals surface area (Å²) in [6.07, 6.45) is -2.67. The number of hydrogen-bond acceptors (Lipinski definition) is 3. The quantitative estimate of drug-likeness (QED) is 0.846. The zero-order valence-electron chi connectivity index (χ0n) is 11.7. The van der Waals surface area contributed by atoms with Crippen molar-refractivity contribution in [1.82, 2.24) is 4.72 Å². The third kappa shape index (κ3) is 4.33. The second-order valence-electron chi connectivity index (χ2n) is 4.70. The molecular weight excluding hydrogens is 328 g/mol. The average molecular weight is 341 g/mol. The van der Waals surface area contributed by atoms with Crippen LogP contribution in [0.2, 0.25) is 0 Å².